The third-order valence-electron chi connectivity index (χ3n) is 2.24. The Labute approximate surface area is 114 Å². The number of phenols is 1. The van der Waals surface area contributed by atoms with Crippen molar-refractivity contribution < 1.29 is 9.84 Å². The van der Waals surface area contributed by atoms with Gasteiger partial charge >= 0.3 is 0 Å². The Morgan fingerprint density at radius 2 is 2.06 bits per heavy atom. The van der Waals surface area contributed by atoms with Crippen molar-refractivity contribution in [3.05, 3.63) is 46.2 Å². The summed E-state index contributed by atoms with van der Waals surface area (Å²) < 4.78 is 5.50. The molecule has 0 fully saturated rings. The van der Waals surface area contributed by atoms with E-state index in [0.717, 1.165) is 0 Å². The molecule has 0 saturated carbocycles. The number of alkyl halides is 1. The molecule has 1 aliphatic rings. The lowest BCUT2D eigenvalue weighted by Gasteiger charge is -2.15. The van der Waals surface area contributed by atoms with E-state index in [9.17, 15) is 5.11 Å². The van der Waals surface area contributed by atoms with Crippen molar-refractivity contribution in [2.24, 2.45) is 0 Å². The number of aromatic hydroxyl groups is 1. The van der Waals surface area contributed by atoms with Crippen molar-refractivity contribution in [3.63, 3.8) is 0 Å². The highest BCUT2D eigenvalue weighted by molar-refractivity contribution is 6.31. The molecular weight excluding hydrogens is 282 g/mol. The zero-order valence-corrected chi connectivity index (χ0v) is 10.9. The molecule has 5 heteroatoms. The summed E-state index contributed by atoms with van der Waals surface area (Å²) >= 11 is 17.6. The highest BCUT2D eigenvalue weighted by atomic mass is 35.5. The first kappa shape index (κ1) is 12.6. The van der Waals surface area contributed by atoms with Gasteiger partial charge in [0.1, 0.15) is 5.76 Å². The summed E-state index contributed by atoms with van der Waals surface area (Å²) in [4.78, 5) is 0. The number of rotatable bonds is 2. The maximum Gasteiger partial charge on any atom is 0.169 e. The lowest BCUT2D eigenvalue weighted by molar-refractivity contribution is 0.388. The van der Waals surface area contributed by atoms with E-state index in [1.807, 2.05) is 0 Å². The van der Waals surface area contributed by atoms with E-state index in [0.29, 0.717) is 28.0 Å². The minimum absolute atomic E-state index is 0.0316. The van der Waals surface area contributed by atoms with Gasteiger partial charge in [-0.15, -0.1) is 11.6 Å². The van der Waals surface area contributed by atoms with Gasteiger partial charge in [0.25, 0.3) is 0 Å². The van der Waals surface area contributed by atoms with Crippen LogP contribution in [0.15, 0.2) is 41.1 Å². The Morgan fingerprint density at radius 1 is 1.29 bits per heavy atom. The molecule has 0 spiro atoms. The minimum atomic E-state index is -0.117. The molecule has 0 aromatic heterocycles. The molecule has 2 rings (SSSR count). The van der Waals surface area contributed by atoms with Crippen LogP contribution in [0.3, 0.4) is 0 Å². The van der Waals surface area contributed by atoms with Crippen LogP contribution in [-0.4, -0.2) is 10.5 Å². The predicted molar refractivity (Wildman–Crippen MR) is 70.0 cm³/mol. The highest BCUT2D eigenvalue weighted by Crippen LogP contribution is 2.33. The summed E-state index contributed by atoms with van der Waals surface area (Å²) in [6.07, 6.45) is 4.00. The molecule has 0 aliphatic heterocycles. The van der Waals surface area contributed by atoms with Crippen LogP contribution in [0, 0.1) is 0 Å². The first-order chi connectivity index (χ1) is 8.06. The summed E-state index contributed by atoms with van der Waals surface area (Å²) in [5.41, 5.74) is 0. The van der Waals surface area contributed by atoms with Gasteiger partial charge in [-0.1, -0.05) is 29.3 Å². The molecule has 2 nitrogen and oxygen atoms in total. The van der Waals surface area contributed by atoms with Gasteiger partial charge in [0.15, 0.2) is 11.5 Å². The van der Waals surface area contributed by atoms with Crippen molar-refractivity contribution in [3.8, 4) is 11.5 Å². The third kappa shape index (κ3) is 3.09. The Bertz CT molecular complexity index is 495. The minimum Gasteiger partial charge on any atom is -0.504 e. The van der Waals surface area contributed by atoms with Gasteiger partial charge < -0.3 is 9.84 Å². The molecule has 1 aromatic carbocycles. The molecule has 1 atom stereocenters. The Morgan fingerprint density at radius 3 is 2.71 bits per heavy atom. The van der Waals surface area contributed by atoms with Crippen LogP contribution in [-0.2, 0) is 0 Å². The molecule has 90 valence electrons. The smallest absolute Gasteiger partial charge is 0.169 e. The maximum atomic E-state index is 9.63. The van der Waals surface area contributed by atoms with E-state index >= 15 is 0 Å². The van der Waals surface area contributed by atoms with Crippen LogP contribution in [0.5, 0.6) is 11.5 Å². The fraction of sp³-hybridized carbons (Fsp3) is 0.167. The van der Waals surface area contributed by atoms with E-state index in [1.54, 1.807) is 24.3 Å². The van der Waals surface area contributed by atoms with Crippen LogP contribution in [0.25, 0.3) is 0 Å². The van der Waals surface area contributed by atoms with Crippen molar-refractivity contribution in [1.82, 2.24) is 0 Å². The summed E-state index contributed by atoms with van der Waals surface area (Å²) in [6.45, 7) is 0. The number of ether oxygens (including phenoxy) is 1. The third-order valence-corrected chi connectivity index (χ3v) is 3.11. The van der Waals surface area contributed by atoms with Crippen LogP contribution >= 0.6 is 34.8 Å². The van der Waals surface area contributed by atoms with Crippen LogP contribution in [0.1, 0.15) is 6.42 Å². The van der Waals surface area contributed by atoms with Gasteiger partial charge in [0, 0.05) is 17.5 Å². The van der Waals surface area contributed by atoms with Gasteiger partial charge in [0.2, 0.25) is 0 Å². The number of benzene rings is 1. The first-order valence-electron chi connectivity index (χ1n) is 4.93. The van der Waals surface area contributed by atoms with Gasteiger partial charge in [-0.05, 0) is 18.2 Å². The number of hydrogen-bond donors (Lipinski definition) is 1. The Hall–Kier alpha value is -0.830. The largest absolute Gasteiger partial charge is 0.504 e. The predicted octanol–water partition coefficient (Wildman–Crippen LogP) is 4.44. The normalized spacial score (nSPS) is 19.6. The fourth-order valence-corrected chi connectivity index (χ4v) is 2.15. The highest BCUT2D eigenvalue weighted by Gasteiger charge is 2.15. The van der Waals surface area contributed by atoms with E-state index < -0.39 is 0 Å². The van der Waals surface area contributed by atoms with Crippen LogP contribution < -0.4 is 4.74 Å². The average molecular weight is 292 g/mol. The van der Waals surface area contributed by atoms with Crippen molar-refractivity contribution in [1.29, 1.82) is 0 Å². The monoisotopic (exact) mass is 290 g/mol. The number of allylic oxidation sites excluding steroid dienone is 3. The number of phenolic OH excluding ortho intramolecular Hbond substituents is 1. The molecule has 0 radical (unpaired) electrons. The van der Waals surface area contributed by atoms with Crippen LogP contribution in [0.4, 0.5) is 0 Å². The quantitative estimate of drug-likeness (QED) is 0.816. The standard InChI is InChI=1S/C12H9Cl3O2/c13-7-1-3-11(9(15)5-7)17-12-4-2-8(14)6-10(12)16/h1-4,6-7,16H,5H2. The molecule has 0 heterocycles. The molecular formula is C12H9Cl3O2. The lowest BCUT2D eigenvalue weighted by atomic mass is 10.1. The molecule has 1 aliphatic carbocycles. The van der Waals surface area contributed by atoms with Crippen molar-refractivity contribution >= 4 is 34.8 Å². The first-order valence-corrected chi connectivity index (χ1v) is 6.13. The molecule has 17 heavy (non-hydrogen) atoms. The molecule has 0 saturated heterocycles. The van der Waals surface area contributed by atoms with E-state index in [2.05, 4.69) is 0 Å². The average Bonchev–Trinajstić information content (AvgIpc) is 2.25. The zero-order chi connectivity index (χ0) is 12.4. The van der Waals surface area contributed by atoms with Gasteiger partial charge in [-0.3, -0.25) is 0 Å². The van der Waals surface area contributed by atoms with E-state index in [-0.39, 0.29) is 11.1 Å². The second kappa shape index (κ2) is 5.21. The van der Waals surface area contributed by atoms with Gasteiger partial charge in [-0.2, -0.15) is 0 Å². The lowest BCUT2D eigenvalue weighted by Crippen LogP contribution is -2.05. The maximum absolute atomic E-state index is 9.63. The molecule has 0 bridgehead atoms. The van der Waals surface area contributed by atoms with Gasteiger partial charge in [0.05, 0.1) is 10.4 Å². The fourth-order valence-electron chi connectivity index (χ4n) is 1.41. The van der Waals surface area contributed by atoms with Gasteiger partial charge in [-0.25, -0.2) is 0 Å². The Kier molecular flexibility index (Phi) is 3.87. The summed E-state index contributed by atoms with van der Waals surface area (Å²) in [6, 6.07) is 4.61. The van der Waals surface area contributed by atoms with Crippen molar-refractivity contribution in [2.45, 2.75) is 11.8 Å². The van der Waals surface area contributed by atoms with Crippen LogP contribution in [0.2, 0.25) is 5.02 Å². The molecule has 1 aromatic rings. The number of hydrogen-bond acceptors (Lipinski definition) is 2. The zero-order valence-electron chi connectivity index (χ0n) is 8.66. The molecule has 1 N–H and O–H groups in total. The summed E-state index contributed by atoms with van der Waals surface area (Å²) in [5.74, 6) is 0.761. The second-order valence-corrected chi connectivity index (χ2v) is 5.02. The molecule has 1 unspecified atom stereocenters. The summed E-state index contributed by atoms with van der Waals surface area (Å²) in [5, 5.41) is 10.5. The van der Waals surface area contributed by atoms with E-state index in [1.165, 1.54) is 6.07 Å². The number of halogens is 3. The van der Waals surface area contributed by atoms with E-state index in [4.69, 9.17) is 39.5 Å². The SMILES string of the molecule is Oc1cc(Cl)ccc1OC1=C(Cl)CC(Cl)C=C1. The summed E-state index contributed by atoms with van der Waals surface area (Å²) in [7, 11) is 0. The van der Waals surface area contributed by atoms with Crippen molar-refractivity contribution in [2.75, 3.05) is 0 Å². The topological polar surface area (TPSA) is 29.5 Å². The molecule has 0 amide bonds. The second-order valence-electron chi connectivity index (χ2n) is 3.56. The Balaban J connectivity index is 2.22.